The number of benzene rings is 2. The largest absolute Gasteiger partial charge is 0.503 e. The lowest BCUT2D eigenvalue weighted by Crippen LogP contribution is -1.94. The summed E-state index contributed by atoms with van der Waals surface area (Å²) in [4.78, 5) is 0. The molecule has 0 radical (unpaired) electrons. The Morgan fingerprint density at radius 2 is 1.77 bits per heavy atom. The molecule has 4 nitrogen and oxygen atoms in total. The van der Waals surface area contributed by atoms with E-state index in [-0.39, 0.29) is 22.6 Å². The molecule has 4 heteroatoms. The predicted molar refractivity (Wildman–Crippen MR) is 84.2 cm³/mol. The van der Waals surface area contributed by atoms with Crippen LogP contribution in [0.2, 0.25) is 0 Å². The number of hydrogen-bond acceptors (Lipinski definition) is 4. The molecule has 0 aromatic heterocycles. The van der Waals surface area contributed by atoms with E-state index < -0.39 is 0 Å². The van der Waals surface area contributed by atoms with Crippen molar-refractivity contribution in [3.05, 3.63) is 58.1 Å². The summed E-state index contributed by atoms with van der Waals surface area (Å²) in [6, 6.07) is 13.2. The normalized spacial score (nSPS) is 10.2. The smallest absolute Gasteiger partial charge is 0.176 e. The standard InChI is InChI=1S/C18H14N2O2/c1-12-3-5-13(6-4-12)7-8-15-14(10-19)9-17(22-2)18(21)16(15)11-20/h3-9,21H,1-2H3/b8-7+. The van der Waals surface area contributed by atoms with Gasteiger partial charge in [0.2, 0.25) is 0 Å². The molecule has 0 aliphatic carbocycles. The number of aryl methyl sites for hydroxylation is 1. The van der Waals surface area contributed by atoms with Crippen LogP contribution in [0, 0.1) is 29.6 Å². The number of phenolic OH excluding ortho intramolecular Hbond substituents is 1. The highest BCUT2D eigenvalue weighted by Crippen LogP contribution is 2.35. The molecule has 0 amide bonds. The molecule has 22 heavy (non-hydrogen) atoms. The Hall–Kier alpha value is -3.24. The van der Waals surface area contributed by atoms with Gasteiger partial charge in [-0.25, -0.2) is 0 Å². The number of hydrogen-bond donors (Lipinski definition) is 1. The van der Waals surface area contributed by atoms with Crippen LogP contribution in [0.3, 0.4) is 0 Å². The number of rotatable bonds is 3. The van der Waals surface area contributed by atoms with Gasteiger partial charge in [0.1, 0.15) is 11.6 Å². The number of phenols is 1. The van der Waals surface area contributed by atoms with Crippen molar-refractivity contribution in [2.24, 2.45) is 0 Å². The summed E-state index contributed by atoms with van der Waals surface area (Å²) in [6.07, 6.45) is 3.45. The first kappa shape index (κ1) is 15.2. The fourth-order valence-corrected chi connectivity index (χ4v) is 2.05. The molecule has 0 aliphatic heterocycles. The molecule has 0 aliphatic rings. The zero-order valence-corrected chi connectivity index (χ0v) is 12.3. The molecule has 0 saturated carbocycles. The fraction of sp³-hybridized carbons (Fsp3) is 0.111. The number of aromatic hydroxyl groups is 1. The van der Waals surface area contributed by atoms with Gasteiger partial charge < -0.3 is 9.84 Å². The molecule has 0 bridgehead atoms. The van der Waals surface area contributed by atoms with Gasteiger partial charge >= 0.3 is 0 Å². The van der Waals surface area contributed by atoms with E-state index in [4.69, 9.17) is 4.74 Å². The van der Waals surface area contributed by atoms with Crippen LogP contribution in [0.25, 0.3) is 12.2 Å². The van der Waals surface area contributed by atoms with E-state index >= 15 is 0 Å². The maximum Gasteiger partial charge on any atom is 0.176 e. The van der Waals surface area contributed by atoms with Crippen molar-refractivity contribution in [1.82, 2.24) is 0 Å². The molecule has 0 heterocycles. The van der Waals surface area contributed by atoms with Crippen LogP contribution in [-0.4, -0.2) is 12.2 Å². The second kappa shape index (κ2) is 6.47. The quantitative estimate of drug-likeness (QED) is 0.876. The zero-order valence-electron chi connectivity index (χ0n) is 12.3. The van der Waals surface area contributed by atoms with Crippen LogP contribution in [0.5, 0.6) is 11.5 Å². The number of methoxy groups -OCH3 is 1. The summed E-state index contributed by atoms with van der Waals surface area (Å²) in [5.41, 5.74) is 2.76. The molecule has 0 spiro atoms. The third kappa shape index (κ3) is 2.92. The highest BCUT2D eigenvalue weighted by molar-refractivity contribution is 5.79. The summed E-state index contributed by atoms with van der Waals surface area (Å²) in [5, 5.41) is 28.5. The van der Waals surface area contributed by atoms with E-state index in [1.165, 1.54) is 13.2 Å². The molecular weight excluding hydrogens is 276 g/mol. The zero-order chi connectivity index (χ0) is 16.1. The topological polar surface area (TPSA) is 77.0 Å². The SMILES string of the molecule is COc1cc(C#N)c(/C=C/c2ccc(C)cc2)c(C#N)c1O. The number of nitriles is 2. The van der Waals surface area contributed by atoms with Gasteiger partial charge in [-0.05, 0) is 12.5 Å². The fourth-order valence-electron chi connectivity index (χ4n) is 2.05. The predicted octanol–water partition coefficient (Wildman–Crippen LogP) is 3.62. The van der Waals surface area contributed by atoms with Crippen molar-refractivity contribution in [1.29, 1.82) is 10.5 Å². The van der Waals surface area contributed by atoms with E-state index in [0.29, 0.717) is 5.56 Å². The van der Waals surface area contributed by atoms with E-state index in [1.807, 2.05) is 43.3 Å². The summed E-state index contributed by atoms with van der Waals surface area (Å²) in [6.45, 7) is 2.00. The molecule has 2 rings (SSSR count). The Labute approximate surface area is 129 Å². The van der Waals surface area contributed by atoms with E-state index in [1.54, 1.807) is 12.2 Å². The van der Waals surface area contributed by atoms with Gasteiger partial charge in [-0.3, -0.25) is 0 Å². The van der Waals surface area contributed by atoms with E-state index in [0.717, 1.165) is 11.1 Å². The van der Waals surface area contributed by atoms with Gasteiger partial charge in [-0.15, -0.1) is 0 Å². The molecule has 1 N–H and O–H groups in total. The van der Waals surface area contributed by atoms with Crippen molar-refractivity contribution in [3.63, 3.8) is 0 Å². The van der Waals surface area contributed by atoms with Crippen molar-refractivity contribution in [2.45, 2.75) is 6.92 Å². The third-order valence-electron chi connectivity index (χ3n) is 3.28. The first-order valence-electron chi connectivity index (χ1n) is 6.59. The minimum absolute atomic E-state index is 0.0271. The molecule has 2 aromatic carbocycles. The van der Waals surface area contributed by atoms with Crippen LogP contribution >= 0.6 is 0 Å². The van der Waals surface area contributed by atoms with Crippen molar-refractivity contribution < 1.29 is 9.84 Å². The van der Waals surface area contributed by atoms with E-state index in [9.17, 15) is 15.6 Å². The van der Waals surface area contributed by atoms with Crippen molar-refractivity contribution in [3.8, 4) is 23.6 Å². The van der Waals surface area contributed by atoms with Crippen molar-refractivity contribution in [2.75, 3.05) is 7.11 Å². The second-order valence-electron chi connectivity index (χ2n) is 4.73. The van der Waals surface area contributed by atoms with Gasteiger partial charge in [0.25, 0.3) is 0 Å². The van der Waals surface area contributed by atoms with Gasteiger partial charge in [-0.1, -0.05) is 42.0 Å². The van der Waals surface area contributed by atoms with Gasteiger partial charge in [0.15, 0.2) is 11.5 Å². The minimum Gasteiger partial charge on any atom is -0.503 e. The first-order valence-corrected chi connectivity index (χ1v) is 6.59. The molecule has 108 valence electrons. The Morgan fingerprint density at radius 1 is 1.09 bits per heavy atom. The van der Waals surface area contributed by atoms with Gasteiger partial charge in [0, 0.05) is 11.6 Å². The van der Waals surface area contributed by atoms with Crippen LogP contribution in [0.1, 0.15) is 27.8 Å². The van der Waals surface area contributed by atoms with Gasteiger partial charge in [-0.2, -0.15) is 10.5 Å². The molecule has 0 fully saturated rings. The molecule has 0 unspecified atom stereocenters. The first-order chi connectivity index (χ1) is 10.6. The van der Waals surface area contributed by atoms with Crippen LogP contribution < -0.4 is 4.74 Å². The molecule has 0 atom stereocenters. The Bertz CT molecular complexity index is 807. The number of nitrogens with zero attached hydrogens (tertiary/aromatic N) is 2. The lowest BCUT2D eigenvalue weighted by molar-refractivity contribution is 0.372. The summed E-state index contributed by atoms with van der Waals surface area (Å²) >= 11 is 0. The average Bonchev–Trinajstić information content (AvgIpc) is 2.54. The highest BCUT2D eigenvalue weighted by Gasteiger charge is 2.16. The molecular formula is C18H14N2O2. The third-order valence-corrected chi connectivity index (χ3v) is 3.28. The molecule has 0 saturated heterocycles. The monoisotopic (exact) mass is 290 g/mol. The summed E-state index contributed by atoms with van der Waals surface area (Å²) in [5.74, 6) is -0.145. The van der Waals surface area contributed by atoms with E-state index in [2.05, 4.69) is 0 Å². The lowest BCUT2D eigenvalue weighted by Gasteiger charge is -2.09. The van der Waals surface area contributed by atoms with Crippen molar-refractivity contribution >= 4 is 12.2 Å². The lowest BCUT2D eigenvalue weighted by atomic mass is 9.99. The summed E-state index contributed by atoms with van der Waals surface area (Å²) in [7, 11) is 1.37. The van der Waals surface area contributed by atoms with Crippen LogP contribution in [-0.2, 0) is 0 Å². The summed E-state index contributed by atoms with van der Waals surface area (Å²) < 4.78 is 4.98. The minimum atomic E-state index is -0.257. The molecule has 2 aromatic rings. The highest BCUT2D eigenvalue weighted by atomic mass is 16.5. The Balaban J connectivity index is 2.55. The second-order valence-corrected chi connectivity index (χ2v) is 4.73. The van der Waals surface area contributed by atoms with Crippen LogP contribution in [0.4, 0.5) is 0 Å². The average molecular weight is 290 g/mol. The Morgan fingerprint density at radius 3 is 2.32 bits per heavy atom. The maximum absolute atomic E-state index is 10.0. The van der Waals surface area contributed by atoms with Gasteiger partial charge in [0.05, 0.1) is 18.7 Å². The maximum atomic E-state index is 10.0. The Kier molecular flexibility index (Phi) is 4.46. The number of ether oxygens (including phenoxy) is 1. The van der Waals surface area contributed by atoms with Crippen LogP contribution in [0.15, 0.2) is 30.3 Å².